The molecule has 1 rings (SSSR count). The Morgan fingerprint density at radius 2 is 1.93 bits per heavy atom. The first-order valence-electron chi connectivity index (χ1n) is 4.16. The van der Waals surface area contributed by atoms with Crippen LogP contribution >= 0.6 is 0 Å². The van der Waals surface area contributed by atoms with Crippen molar-refractivity contribution in [3.63, 3.8) is 0 Å². The van der Waals surface area contributed by atoms with Gasteiger partial charge in [0.05, 0.1) is 0 Å². The van der Waals surface area contributed by atoms with Crippen LogP contribution in [0.15, 0.2) is 34.7 Å². The Labute approximate surface area is 88.1 Å². The molecule has 0 aliphatic heterocycles. The quantitative estimate of drug-likeness (QED) is 0.822. The molecule has 0 bridgehead atoms. The van der Waals surface area contributed by atoms with E-state index in [1.54, 1.807) is 30.3 Å². The van der Waals surface area contributed by atoms with Crippen molar-refractivity contribution in [3.8, 4) is 0 Å². The van der Waals surface area contributed by atoms with Crippen LogP contribution in [-0.2, 0) is 21.7 Å². The van der Waals surface area contributed by atoms with E-state index in [4.69, 9.17) is 5.11 Å². The summed E-state index contributed by atoms with van der Waals surface area (Å²) in [4.78, 5) is 10.7. The number of aliphatic carboxylic acids is 1. The van der Waals surface area contributed by atoms with E-state index in [2.05, 4.69) is 4.36 Å². The van der Waals surface area contributed by atoms with Crippen LogP contribution in [-0.4, -0.2) is 25.5 Å². The van der Waals surface area contributed by atoms with Crippen LogP contribution in [0.3, 0.4) is 0 Å². The molecule has 0 saturated heterocycles. The van der Waals surface area contributed by atoms with Gasteiger partial charge in [-0.1, -0.05) is 30.3 Å². The van der Waals surface area contributed by atoms with Crippen LogP contribution in [0.25, 0.3) is 0 Å². The van der Waals surface area contributed by atoms with E-state index in [0.717, 1.165) is 5.56 Å². The van der Waals surface area contributed by atoms with Gasteiger partial charge in [-0.15, -0.1) is 0 Å². The third-order valence-corrected chi connectivity index (χ3v) is 2.20. The molecule has 0 fully saturated rings. The zero-order valence-electron chi connectivity index (χ0n) is 7.70. The summed E-state index contributed by atoms with van der Waals surface area (Å²) >= 11 is 0. The van der Waals surface area contributed by atoms with Gasteiger partial charge in [-0.3, -0.25) is 0 Å². The fourth-order valence-corrected chi connectivity index (χ4v) is 1.48. The predicted molar refractivity (Wildman–Crippen MR) is 52.9 cm³/mol. The average Bonchev–Trinajstić information content (AvgIpc) is 2.17. The molecule has 80 valence electrons. The van der Waals surface area contributed by atoms with Gasteiger partial charge in [0, 0.05) is 6.42 Å². The summed E-state index contributed by atoms with van der Waals surface area (Å²) < 4.78 is 23.6. The average molecular weight is 227 g/mol. The largest absolute Gasteiger partial charge is 0.480 e. The van der Waals surface area contributed by atoms with E-state index >= 15 is 0 Å². The van der Waals surface area contributed by atoms with E-state index in [-0.39, 0.29) is 6.42 Å². The molecule has 1 unspecified atom stereocenters. The lowest BCUT2D eigenvalue weighted by Gasteiger charge is -2.04. The minimum atomic E-state index is -2.70. The first-order valence-corrected chi connectivity index (χ1v) is 5.19. The van der Waals surface area contributed by atoms with Crippen LogP contribution in [0.2, 0.25) is 0 Å². The molecule has 0 amide bonds. The number of carbonyl (C=O) groups is 1. The van der Waals surface area contributed by atoms with Crippen molar-refractivity contribution >= 4 is 16.5 Å². The first-order chi connectivity index (χ1) is 7.09. The Balaban J connectivity index is 2.86. The highest BCUT2D eigenvalue weighted by atomic mass is 32.2. The number of carboxylic acids is 1. The van der Waals surface area contributed by atoms with Crippen molar-refractivity contribution in [1.29, 1.82) is 0 Å². The highest BCUT2D eigenvalue weighted by Gasteiger charge is 2.17. The lowest BCUT2D eigenvalue weighted by Crippen LogP contribution is -2.20. The minimum absolute atomic E-state index is 0.0736. The number of rotatable bonds is 4. The van der Waals surface area contributed by atoms with Gasteiger partial charge >= 0.3 is 16.5 Å². The Morgan fingerprint density at radius 1 is 1.33 bits per heavy atom. The SMILES string of the molecule is O=C(O)C(Cc1ccccc1)N=S(=O)=O. The molecule has 1 aromatic rings. The molecule has 0 heterocycles. The first kappa shape index (κ1) is 11.4. The fraction of sp³-hybridized carbons (Fsp3) is 0.222. The van der Waals surface area contributed by atoms with Crippen LogP contribution in [0.1, 0.15) is 5.56 Å². The summed E-state index contributed by atoms with van der Waals surface area (Å²) in [5.41, 5.74) is 0.735. The van der Waals surface area contributed by atoms with E-state index in [1.807, 2.05) is 0 Å². The highest BCUT2D eigenvalue weighted by molar-refractivity contribution is 7.61. The molecule has 0 radical (unpaired) electrons. The molecule has 0 aliphatic carbocycles. The maximum absolute atomic E-state index is 10.7. The molecule has 6 heteroatoms. The van der Waals surface area contributed by atoms with Crippen molar-refractivity contribution in [2.45, 2.75) is 12.5 Å². The second kappa shape index (κ2) is 5.26. The van der Waals surface area contributed by atoms with E-state index < -0.39 is 22.5 Å². The lowest BCUT2D eigenvalue weighted by atomic mass is 10.1. The summed E-state index contributed by atoms with van der Waals surface area (Å²) in [5, 5.41) is 8.72. The topological polar surface area (TPSA) is 83.8 Å². The maximum atomic E-state index is 10.7. The van der Waals surface area contributed by atoms with E-state index in [1.165, 1.54) is 0 Å². The van der Waals surface area contributed by atoms with Crippen molar-refractivity contribution in [2.24, 2.45) is 4.36 Å². The number of benzene rings is 1. The molecular formula is C9H9NO4S. The van der Waals surface area contributed by atoms with Gasteiger partial charge in [0.25, 0.3) is 0 Å². The molecule has 5 nitrogen and oxygen atoms in total. The summed E-state index contributed by atoms with van der Waals surface area (Å²) in [7, 11) is -2.70. The molecule has 1 aromatic carbocycles. The third kappa shape index (κ3) is 3.90. The second-order valence-corrected chi connectivity index (χ2v) is 3.51. The summed E-state index contributed by atoms with van der Waals surface area (Å²) in [6.07, 6.45) is 0.0736. The maximum Gasteiger partial charge on any atom is 0.330 e. The van der Waals surface area contributed by atoms with Crippen LogP contribution in [0.5, 0.6) is 0 Å². The van der Waals surface area contributed by atoms with Crippen LogP contribution in [0, 0.1) is 0 Å². The minimum Gasteiger partial charge on any atom is -0.480 e. The third-order valence-electron chi connectivity index (χ3n) is 1.77. The Morgan fingerprint density at radius 3 is 2.40 bits per heavy atom. The summed E-state index contributed by atoms with van der Waals surface area (Å²) in [5.74, 6) is -1.25. The van der Waals surface area contributed by atoms with Gasteiger partial charge in [-0.05, 0) is 5.56 Å². The standard InChI is InChI=1S/C9H9NO4S/c11-9(12)8(10-15(13)14)6-7-4-2-1-3-5-7/h1-5,8H,6H2,(H,11,12). The Kier molecular flexibility index (Phi) is 3.99. The molecule has 0 aromatic heterocycles. The molecule has 1 N–H and O–H groups in total. The number of hydrogen-bond acceptors (Lipinski definition) is 4. The van der Waals surface area contributed by atoms with Crippen molar-refractivity contribution in [2.75, 3.05) is 0 Å². The number of carboxylic acid groups (broad SMARTS) is 1. The second-order valence-electron chi connectivity index (χ2n) is 2.87. The summed E-state index contributed by atoms with van der Waals surface area (Å²) in [6, 6.07) is 7.50. The van der Waals surface area contributed by atoms with E-state index in [0.29, 0.717) is 0 Å². The predicted octanol–water partition coefficient (Wildman–Crippen LogP) is 0.745. The number of nitrogens with zero attached hydrogens (tertiary/aromatic N) is 1. The molecule has 15 heavy (non-hydrogen) atoms. The fourth-order valence-electron chi connectivity index (χ4n) is 1.11. The normalized spacial score (nSPS) is 11.7. The summed E-state index contributed by atoms with van der Waals surface area (Å²) in [6.45, 7) is 0. The van der Waals surface area contributed by atoms with Gasteiger partial charge < -0.3 is 5.11 Å². The van der Waals surface area contributed by atoms with Crippen LogP contribution in [0.4, 0.5) is 0 Å². The molecular weight excluding hydrogens is 218 g/mol. The van der Waals surface area contributed by atoms with E-state index in [9.17, 15) is 13.2 Å². The van der Waals surface area contributed by atoms with Crippen LogP contribution < -0.4 is 0 Å². The number of hydrogen-bond donors (Lipinski definition) is 1. The van der Waals surface area contributed by atoms with Gasteiger partial charge in [-0.25, -0.2) is 4.79 Å². The van der Waals surface area contributed by atoms with Gasteiger partial charge in [-0.2, -0.15) is 12.8 Å². The molecule has 0 spiro atoms. The Bertz CT molecular complexity index is 458. The molecule has 0 aliphatic rings. The van der Waals surface area contributed by atoms with Gasteiger partial charge in [0.2, 0.25) is 0 Å². The van der Waals surface area contributed by atoms with Crippen molar-refractivity contribution in [3.05, 3.63) is 35.9 Å². The van der Waals surface area contributed by atoms with Crippen molar-refractivity contribution in [1.82, 2.24) is 0 Å². The van der Waals surface area contributed by atoms with Gasteiger partial charge in [0.1, 0.15) is 0 Å². The highest BCUT2D eigenvalue weighted by Crippen LogP contribution is 2.05. The zero-order chi connectivity index (χ0) is 11.3. The lowest BCUT2D eigenvalue weighted by molar-refractivity contribution is -0.138. The Hall–Kier alpha value is -1.69. The zero-order valence-corrected chi connectivity index (χ0v) is 8.52. The van der Waals surface area contributed by atoms with Gasteiger partial charge in [0.15, 0.2) is 6.04 Å². The molecule has 1 atom stereocenters. The smallest absolute Gasteiger partial charge is 0.330 e. The van der Waals surface area contributed by atoms with Crippen molar-refractivity contribution < 1.29 is 18.3 Å². The monoisotopic (exact) mass is 227 g/mol. The molecule has 0 saturated carbocycles.